The SMILES string of the molecule is CCCOc1ncnc(NC2CCCN(CC)C2)c1N. The highest BCUT2D eigenvalue weighted by atomic mass is 16.5. The van der Waals surface area contributed by atoms with Gasteiger partial charge in [-0.2, -0.15) is 4.98 Å². The Labute approximate surface area is 120 Å². The maximum absolute atomic E-state index is 6.08. The van der Waals surface area contributed by atoms with Crippen molar-refractivity contribution in [1.29, 1.82) is 0 Å². The van der Waals surface area contributed by atoms with Crippen molar-refractivity contribution in [2.24, 2.45) is 0 Å². The second-order valence-electron chi connectivity index (χ2n) is 5.17. The first-order chi connectivity index (χ1) is 9.74. The van der Waals surface area contributed by atoms with E-state index in [1.807, 2.05) is 0 Å². The summed E-state index contributed by atoms with van der Waals surface area (Å²) in [6.45, 7) is 8.16. The fourth-order valence-corrected chi connectivity index (χ4v) is 2.46. The fraction of sp³-hybridized carbons (Fsp3) is 0.714. The molecule has 6 heteroatoms. The summed E-state index contributed by atoms with van der Waals surface area (Å²) in [6.07, 6.45) is 4.78. The van der Waals surface area contributed by atoms with E-state index in [2.05, 4.69) is 34.0 Å². The molecular formula is C14H25N5O. The van der Waals surface area contributed by atoms with Crippen molar-refractivity contribution in [3.05, 3.63) is 6.33 Å². The van der Waals surface area contributed by atoms with Crippen LogP contribution in [0.5, 0.6) is 5.88 Å². The van der Waals surface area contributed by atoms with Crippen molar-refractivity contribution in [3.8, 4) is 5.88 Å². The second-order valence-corrected chi connectivity index (χ2v) is 5.17. The lowest BCUT2D eigenvalue weighted by Crippen LogP contribution is -2.42. The summed E-state index contributed by atoms with van der Waals surface area (Å²) in [7, 11) is 0. The third-order valence-electron chi connectivity index (χ3n) is 3.58. The molecule has 1 aliphatic heterocycles. The molecule has 1 unspecified atom stereocenters. The molecule has 0 radical (unpaired) electrons. The molecule has 1 aromatic rings. The molecule has 1 fully saturated rings. The van der Waals surface area contributed by atoms with Gasteiger partial charge in [-0.25, -0.2) is 4.98 Å². The van der Waals surface area contributed by atoms with E-state index in [9.17, 15) is 0 Å². The van der Waals surface area contributed by atoms with Gasteiger partial charge in [0, 0.05) is 12.6 Å². The minimum absolute atomic E-state index is 0.389. The van der Waals surface area contributed by atoms with E-state index in [1.165, 1.54) is 19.3 Å². The van der Waals surface area contributed by atoms with Crippen molar-refractivity contribution in [2.45, 2.75) is 39.2 Å². The molecule has 0 spiro atoms. The van der Waals surface area contributed by atoms with Gasteiger partial charge in [0.2, 0.25) is 5.88 Å². The van der Waals surface area contributed by atoms with Crippen molar-refractivity contribution < 1.29 is 4.74 Å². The van der Waals surface area contributed by atoms with Gasteiger partial charge in [-0.1, -0.05) is 13.8 Å². The molecule has 2 rings (SSSR count). The van der Waals surface area contributed by atoms with E-state index >= 15 is 0 Å². The molecular weight excluding hydrogens is 254 g/mol. The highest BCUT2D eigenvalue weighted by molar-refractivity contribution is 5.66. The summed E-state index contributed by atoms with van der Waals surface area (Å²) in [4.78, 5) is 10.8. The molecule has 20 heavy (non-hydrogen) atoms. The molecule has 0 amide bonds. The minimum Gasteiger partial charge on any atom is -0.476 e. The predicted octanol–water partition coefficient (Wildman–Crippen LogP) is 1.74. The van der Waals surface area contributed by atoms with Gasteiger partial charge in [0.05, 0.1) is 6.61 Å². The number of anilines is 2. The molecule has 0 aromatic carbocycles. The van der Waals surface area contributed by atoms with Gasteiger partial charge in [0.1, 0.15) is 12.0 Å². The van der Waals surface area contributed by atoms with Gasteiger partial charge in [-0.15, -0.1) is 0 Å². The Morgan fingerprint density at radius 1 is 1.45 bits per heavy atom. The Kier molecular flexibility index (Phi) is 5.40. The molecule has 3 N–H and O–H groups in total. The average molecular weight is 279 g/mol. The normalized spacial score (nSPS) is 19.8. The predicted molar refractivity (Wildman–Crippen MR) is 81.0 cm³/mol. The molecule has 2 heterocycles. The molecule has 0 saturated carbocycles. The van der Waals surface area contributed by atoms with Gasteiger partial charge < -0.3 is 20.7 Å². The van der Waals surface area contributed by atoms with Crippen molar-refractivity contribution in [3.63, 3.8) is 0 Å². The number of nitrogen functional groups attached to an aromatic ring is 1. The number of rotatable bonds is 6. The van der Waals surface area contributed by atoms with Gasteiger partial charge in [0.25, 0.3) is 0 Å². The van der Waals surface area contributed by atoms with Crippen LogP contribution in [0, 0.1) is 0 Å². The molecule has 0 bridgehead atoms. The zero-order chi connectivity index (χ0) is 14.4. The second kappa shape index (κ2) is 7.28. The molecule has 1 atom stereocenters. The minimum atomic E-state index is 0.389. The summed E-state index contributed by atoms with van der Waals surface area (Å²) in [5.74, 6) is 1.17. The number of nitrogens with one attached hydrogen (secondary N) is 1. The number of piperidine rings is 1. The number of nitrogens with two attached hydrogens (primary N) is 1. The van der Waals surface area contributed by atoms with Gasteiger partial charge in [0.15, 0.2) is 5.82 Å². The first kappa shape index (κ1) is 14.8. The van der Waals surface area contributed by atoms with E-state index < -0.39 is 0 Å². The van der Waals surface area contributed by atoms with Crippen LogP contribution in [0.4, 0.5) is 11.5 Å². The van der Waals surface area contributed by atoms with Crippen molar-refractivity contribution in [1.82, 2.24) is 14.9 Å². The van der Waals surface area contributed by atoms with Crippen LogP contribution in [0.3, 0.4) is 0 Å². The molecule has 6 nitrogen and oxygen atoms in total. The smallest absolute Gasteiger partial charge is 0.242 e. The molecule has 1 saturated heterocycles. The number of aromatic nitrogens is 2. The van der Waals surface area contributed by atoms with E-state index in [0.717, 1.165) is 25.9 Å². The Morgan fingerprint density at radius 2 is 2.30 bits per heavy atom. The maximum atomic E-state index is 6.08. The van der Waals surface area contributed by atoms with E-state index in [0.29, 0.717) is 30.0 Å². The summed E-state index contributed by atoms with van der Waals surface area (Å²) in [5, 5.41) is 3.43. The van der Waals surface area contributed by atoms with Crippen molar-refractivity contribution in [2.75, 3.05) is 37.3 Å². The highest BCUT2D eigenvalue weighted by Crippen LogP contribution is 2.26. The van der Waals surface area contributed by atoms with E-state index in [4.69, 9.17) is 10.5 Å². The molecule has 0 aliphatic carbocycles. The van der Waals surface area contributed by atoms with Gasteiger partial charge in [-0.3, -0.25) is 0 Å². The van der Waals surface area contributed by atoms with Crippen molar-refractivity contribution >= 4 is 11.5 Å². The van der Waals surface area contributed by atoms with Gasteiger partial charge >= 0.3 is 0 Å². The zero-order valence-electron chi connectivity index (χ0n) is 12.4. The van der Waals surface area contributed by atoms with Crippen LogP contribution in [-0.2, 0) is 0 Å². The monoisotopic (exact) mass is 279 g/mol. The summed E-state index contributed by atoms with van der Waals surface area (Å²) in [5.41, 5.74) is 6.59. The van der Waals surface area contributed by atoms with Crippen LogP contribution in [0.15, 0.2) is 6.33 Å². The summed E-state index contributed by atoms with van der Waals surface area (Å²) < 4.78 is 5.53. The molecule has 1 aromatic heterocycles. The van der Waals surface area contributed by atoms with Crippen LogP contribution >= 0.6 is 0 Å². The van der Waals surface area contributed by atoms with Crippen LogP contribution < -0.4 is 15.8 Å². The standard InChI is InChI=1S/C14H25N5O/c1-3-8-20-14-12(15)13(16-10-17-14)18-11-6-5-7-19(4-2)9-11/h10-11H,3-9,15H2,1-2H3,(H,16,17,18). The lowest BCUT2D eigenvalue weighted by atomic mass is 10.1. The summed E-state index contributed by atoms with van der Waals surface area (Å²) >= 11 is 0. The topological polar surface area (TPSA) is 76.3 Å². The van der Waals surface area contributed by atoms with Crippen LogP contribution in [-0.4, -0.2) is 47.2 Å². The number of likely N-dealkylation sites (N-methyl/N-ethyl adjacent to an activating group) is 1. The first-order valence-corrected chi connectivity index (χ1v) is 7.46. The Morgan fingerprint density at radius 3 is 3.05 bits per heavy atom. The summed E-state index contributed by atoms with van der Waals surface area (Å²) in [6, 6.07) is 0.389. The maximum Gasteiger partial charge on any atom is 0.242 e. The quantitative estimate of drug-likeness (QED) is 0.826. The number of hydrogen-bond acceptors (Lipinski definition) is 6. The largest absolute Gasteiger partial charge is 0.476 e. The Hall–Kier alpha value is -1.56. The molecule has 112 valence electrons. The van der Waals surface area contributed by atoms with E-state index in [-0.39, 0.29) is 0 Å². The Bertz CT molecular complexity index is 426. The number of hydrogen-bond donors (Lipinski definition) is 2. The number of nitrogens with zero attached hydrogens (tertiary/aromatic N) is 3. The molecule has 1 aliphatic rings. The average Bonchev–Trinajstić information content (AvgIpc) is 2.48. The number of ether oxygens (including phenoxy) is 1. The lowest BCUT2D eigenvalue weighted by molar-refractivity contribution is 0.226. The third-order valence-corrected chi connectivity index (χ3v) is 3.58. The van der Waals surface area contributed by atoms with Gasteiger partial charge in [-0.05, 0) is 32.4 Å². The van der Waals surface area contributed by atoms with E-state index in [1.54, 1.807) is 0 Å². The highest BCUT2D eigenvalue weighted by Gasteiger charge is 2.20. The number of likely N-dealkylation sites (tertiary alicyclic amines) is 1. The Balaban J connectivity index is 2.01. The van der Waals surface area contributed by atoms with Crippen LogP contribution in [0.25, 0.3) is 0 Å². The lowest BCUT2D eigenvalue weighted by Gasteiger charge is -2.32. The van der Waals surface area contributed by atoms with Crippen LogP contribution in [0.2, 0.25) is 0 Å². The zero-order valence-corrected chi connectivity index (χ0v) is 12.4. The third kappa shape index (κ3) is 3.72. The first-order valence-electron chi connectivity index (χ1n) is 7.46. The van der Waals surface area contributed by atoms with Crippen LogP contribution in [0.1, 0.15) is 33.1 Å². The fourth-order valence-electron chi connectivity index (χ4n) is 2.46.